The van der Waals surface area contributed by atoms with Crippen molar-refractivity contribution in [1.29, 1.82) is 0 Å². The van der Waals surface area contributed by atoms with Crippen LogP contribution in [0.15, 0.2) is 0 Å². The molecule has 0 aliphatic heterocycles. The van der Waals surface area contributed by atoms with E-state index < -0.39 is 59.1 Å². The molecule has 0 saturated carbocycles. The first-order chi connectivity index (χ1) is 7.91. The normalized spacial score (nSPS) is 11.0. The van der Waals surface area contributed by atoms with Gasteiger partial charge in [0.1, 0.15) is 0 Å². The molecule has 0 amide bonds. The van der Waals surface area contributed by atoms with E-state index in [2.05, 4.69) is 0 Å². The second kappa shape index (κ2) is 11.5. The number of halogens is 6. The first-order valence-electron chi connectivity index (χ1n) is 2.98. The second-order valence-electron chi connectivity index (χ2n) is 1.92. The minimum atomic E-state index is -5.84. The Balaban J connectivity index is -0.0000000634. The fraction of sp³-hybridized carbons (Fsp3) is 1.00. The average molecular weight is 606 g/mol. The Morgan fingerprint density at radius 2 is 0.714 bits per heavy atom. The summed E-state index contributed by atoms with van der Waals surface area (Å²) in [5.74, 6) is 0. The topological polar surface area (TPSA) is 206 Å². The van der Waals surface area contributed by atoms with E-state index in [1.807, 2.05) is 0 Å². The number of hydrogen-bond donors (Lipinski definition) is 2. The number of hydrogen-bond acceptors (Lipinski definition) is 6. The van der Waals surface area contributed by atoms with Gasteiger partial charge in [0.2, 0.25) is 0 Å². The van der Waals surface area contributed by atoms with Gasteiger partial charge in [-0.3, -0.25) is 9.11 Å². The third-order valence-electron chi connectivity index (χ3n) is 0.585. The summed E-state index contributed by atoms with van der Waals surface area (Å²) in [5.41, 5.74) is -11.1. The summed E-state index contributed by atoms with van der Waals surface area (Å²) in [6.45, 7) is 0. The molecular weight excluding hydrogens is 600 g/mol. The van der Waals surface area contributed by atoms with Crippen LogP contribution in [0.2, 0.25) is 0 Å². The summed E-state index contributed by atoms with van der Waals surface area (Å²) in [6.07, 6.45) is 0. The van der Waals surface area contributed by atoms with Crippen LogP contribution in [0.3, 0.4) is 0 Å². The molecule has 0 aromatic heterocycles. The van der Waals surface area contributed by atoms with Gasteiger partial charge in [-0.25, -0.2) is 0 Å². The van der Waals surface area contributed by atoms with Gasteiger partial charge in [-0.2, -0.15) is 43.2 Å². The Bertz CT molecular complexity index is 453. The monoisotopic (exact) mass is 606 g/mol. The van der Waals surface area contributed by atoms with Crippen molar-refractivity contribution in [3.63, 3.8) is 0 Å². The summed E-state index contributed by atoms with van der Waals surface area (Å²) in [4.78, 5) is 0. The van der Waals surface area contributed by atoms with E-state index in [9.17, 15) is 26.3 Å². The molecule has 0 saturated heterocycles. The van der Waals surface area contributed by atoms with Gasteiger partial charge in [0.15, 0.2) is 0 Å². The van der Waals surface area contributed by atoms with E-state index in [1.54, 1.807) is 0 Å². The Kier molecular flexibility index (Phi) is 18.0. The molecule has 6 N–H and O–H groups in total. The maximum absolute atomic E-state index is 10.7. The Hall–Kier alpha value is -0.0281. The fourth-order valence-electron chi connectivity index (χ4n) is 0. The molecule has 0 bridgehead atoms. The van der Waals surface area contributed by atoms with Gasteiger partial charge in [0.05, 0.1) is 0 Å². The van der Waals surface area contributed by atoms with Crippen molar-refractivity contribution < 1.29 is 95.5 Å². The molecule has 0 aromatic carbocycles. The van der Waals surface area contributed by atoms with Crippen molar-refractivity contribution >= 4 is 20.2 Å². The Morgan fingerprint density at radius 3 is 0.714 bits per heavy atom. The Morgan fingerprint density at radius 1 is 0.667 bits per heavy atom. The molecule has 0 unspecified atom stereocenters. The quantitative estimate of drug-likeness (QED) is 0.196. The Labute approximate surface area is 126 Å². The number of rotatable bonds is 0. The van der Waals surface area contributed by atoms with Crippen LogP contribution in [-0.4, -0.2) is 47.9 Å². The van der Waals surface area contributed by atoms with Crippen LogP contribution < -0.4 is 0 Å². The van der Waals surface area contributed by atoms with Gasteiger partial charge in [-0.1, -0.05) is 0 Å². The standard InChI is InChI=1S/2CHF3O3S.2H2O.2O.U/c2*2-1(3,4)8(5,6)7;;;;;/h2*(H,5,6,7);2*1H2;;;. The van der Waals surface area contributed by atoms with Gasteiger partial charge in [0, 0.05) is 0 Å². The summed E-state index contributed by atoms with van der Waals surface area (Å²) in [7, 11) is -11.7. The van der Waals surface area contributed by atoms with E-state index in [1.165, 1.54) is 0 Å². The van der Waals surface area contributed by atoms with E-state index >= 15 is 0 Å². The van der Waals surface area contributed by atoms with Crippen molar-refractivity contribution in [3.8, 4) is 0 Å². The van der Waals surface area contributed by atoms with Crippen molar-refractivity contribution in [2.75, 3.05) is 0 Å². The first-order valence-corrected chi connectivity index (χ1v) is 9.26. The van der Waals surface area contributed by atoms with Gasteiger partial charge in [-0.05, 0) is 0 Å². The van der Waals surface area contributed by atoms with Crippen molar-refractivity contribution in [2.24, 2.45) is 0 Å². The van der Waals surface area contributed by atoms with Crippen molar-refractivity contribution in [3.05, 3.63) is 0 Å². The molecule has 0 aliphatic carbocycles. The molecule has 21 heavy (non-hydrogen) atoms. The van der Waals surface area contributed by atoms with Gasteiger partial charge in [-0.15, -0.1) is 0 Å². The van der Waals surface area contributed by atoms with Gasteiger partial charge >= 0.3 is 63.5 Å². The molecule has 0 atom stereocenters. The predicted octanol–water partition coefficient (Wildman–Crippen LogP) is -1.10. The molecule has 10 nitrogen and oxygen atoms in total. The number of alkyl halides is 6. The fourth-order valence-corrected chi connectivity index (χ4v) is 0. The third-order valence-corrected chi connectivity index (χ3v) is 1.75. The molecule has 0 rings (SSSR count). The molecule has 0 fully saturated rings. The SMILES string of the molecule is O.O.O=S(=O)(O)C(F)(F)F.O=S(=O)(O)C(F)(F)F.[O]=[U]=[O]. The molecule has 19 heteroatoms. The third kappa shape index (κ3) is 20.0. The zero-order valence-electron chi connectivity index (χ0n) is 8.93. The molecule has 0 aliphatic rings. The molecule has 0 heterocycles. The van der Waals surface area contributed by atoms with Crippen LogP contribution in [0.1, 0.15) is 0 Å². The summed E-state index contributed by atoms with van der Waals surface area (Å²) < 4.78 is 132. The van der Waals surface area contributed by atoms with E-state index in [0.29, 0.717) is 0 Å². The molecule has 0 radical (unpaired) electrons. The van der Waals surface area contributed by atoms with Crippen LogP contribution in [0.4, 0.5) is 26.3 Å². The molecule has 0 spiro atoms. The first kappa shape index (κ1) is 32.8. The van der Waals surface area contributed by atoms with Crippen LogP contribution in [0.25, 0.3) is 0 Å². The van der Waals surface area contributed by atoms with Crippen LogP contribution in [-0.2, 0) is 24.7 Å². The van der Waals surface area contributed by atoms with Gasteiger partial charge in [0.25, 0.3) is 0 Å². The zero-order chi connectivity index (χ0) is 16.7. The van der Waals surface area contributed by atoms with Crippen LogP contribution in [0.5, 0.6) is 0 Å². The summed E-state index contributed by atoms with van der Waals surface area (Å²) in [5, 5.41) is 0. The zero-order valence-corrected chi connectivity index (χ0v) is 14.7. The van der Waals surface area contributed by atoms with Crippen LogP contribution >= 0.6 is 0 Å². The van der Waals surface area contributed by atoms with E-state index in [4.69, 9.17) is 30.4 Å². The second-order valence-corrected chi connectivity index (χ2v) is 5.44. The molecule has 0 aromatic rings. The summed E-state index contributed by atoms with van der Waals surface area (Å²) in [6, 6.07) is 0. The van der Waals surface area contributed by atoms with Gasteiger partial charge < -0.3 is 11.0 Å². The van der Waals surface area contributed by atoms with E-state index in [0.717, 1.165) is 0 Å². The maximum atomic E-state index is 10.7. The van der Waals surface area contributed by atoms with Crippen molar-refractivity contribution in [1.82, 2.24) is 0 Å². The molecular formula is C2H6F6O10S2U. The van der Waals surface area contributed by atoms with E-state index in [-0.39, 0.29) is 11.0 Å². The summed E-state index contributed by atoms with van der Waals surface area (Å²) >= 11 is -2.51. The average Bonchev–Trinajstić information content (AvgIpc) is 1.97. The van der Waals surface area contributed by atoms with Crippen molar-refractivity contribution in [2.45, 2.75) is 11.0 Å². The van der Waals surface area contributed by atoms with Crippen LogP contribution in [0, 0.1) is 27.8 Å². The minimum absolute atomic E-state index is 0. The predicted molar refractivity (Wildman–Crippen MR) is 43.8 cm³/mol. The molecule has 132 valence electrons.